The summed E-state index contributed by atoms with van der Waals surface area (Å²) in [5, 5.41) is 0.704. The summed E-state index contributed by atoms with van der Waals surface area (Å²) in [7, 11) is 0. The van der Waals surface area contributed by atoms with Crippen molar-refractivity contribution in [2.45, 2.75) is 32.2 Å². The van der Waals surface area contributed by atoms with E-state index in [0.29, 0.717) is 29.6 Å². The number of aromatic nitrogens is 2. The maximum atomic E-state index is 12.8. The molecule has 3 aromatic rings. The number of nitrogens with zero attached hydrogens (tertiary/aromatic N) is 3. The van der Waals surface area contributed by atoms with E-state index in [0.717, 1.165) is 24.2 Å². The molecule has 0 radical (unpaired) electrons. The predicted molar refractivity (Wildman–Crippen MR) is 95.0 cm³/mol. The molecule has 1 aliphatic rings. The van der Waals surface area contributed by atoms with Crippen molar-refractivity contribution in [3.8, 4) is 0 Å². The van der Waals surface area contributed by atoms with Gasteiger partial charge in [0.25, 0.3) is 5.91 Å². The van der Waals surface area contributed by atoms with Gasteiger partial charge < -0.3 is 13.7 Å². The fraction of sp³-hybridized carbons (Fsp3) is 0.316. The number of hydrogen-bond donors (Lipinski definition) is 0. The van der Waals surface area contributed by atoms with Crippen LogP contribution in [0.1, 0.15) is 52.3 Å². The van der Waals surface area contributed by atoms with Crippen molar-refractivity contribution in [1.29, 1.82) is 0 Å². The van der Waals surface area contributed by atoms with Gasteiger partial charge in [0, 0.05) is 18.0 Å². The Hall–Kier alpha value is -2.60. The van der Waals surface area contributed by atoms with Gasteiger partial charge in [0.05, 0.1) is 11.9 Å². The Morgan fingerprint density at radius 1 is 1.31 bits per heavy atom. The lowest BCUT2D eigenvalue weighted by molar-refractivity contribution is 0.0681. The number of amides is 1. The minimum absolute atomic E-state index is 0.167. The number of aryl methyl sites for hydroxylation is 1. The summed E-state index contributed by atoms with van der Waals surface area (Å²) in [6, 6.07) is 7.45. The van der Waals surface area contributed by atoms with Crippen LogP contribution < -0.4 is 0 Å². The van der Waals surface area contributed by atoms with Gasteiger partial charge in [0.2, 0.25) is 11.7 Å². The van der Waals surface area contributed by atoms with Crippen LogP contribution in [0.15, 0.2) is 45.7 Å². The fourth-order valence-corrected chi connectivity index (χ4v) is 3.39. The molecule has 0 bridgehead atoms. The molecule has 0 N–H and O–H groups in total. The molecule has 1 saturated heterocycles. The zero-order valence-corrected chi connectivity index (χ0v) is 15.1. The van der Waals surface area contributed by atoms with Gasteiger partial charge in [-0.3, -0.25) is 4.79 Å². The molecule has 2 aromatic heterocycles. The predicted octanol–water partition coefficient (Wildman–Crippen LogP) is 4.19. The smallest absolute Gasteiger partial charge is 0.292 e. The molecule has 26 heavy (non-hydrogen) atoms. The number of carbonyl (C=O) groups excluding carboxylic acids is 1. The summed E-state index contributed by atoms with van der Waals surface area (Å²) in [6.45, 7) is 2.41. The van der Waals surface area contributed by atoms with E-state index in [-0.39, 0.29) is 17.7 Å². The molecule has 1 amide bonds. The summed E-state index contributed by atoms with van der Waals surface area (Å²) in [6.07, 6.45) is 5.37. The molecule has 1 aromatic carbocycles. The number of halogens is 1. The minimum atomic E-state index is -0.175. The minimum Gasteiger partial charge on any atom is -0.443 e. The molecule has 1 atom stereocenters. The van der Waals surface area contributed by atoms with Crippen LogP contribution in [0.4, 0.5) is 0 Å². The third-order valence-corrected chi connectivity index (χ3v) is 4.85. The molecule has 134 valence electrons. The number of hydrogen-bond acceptors (Lipinski definition) is 5. The van der Waals surface area contributed by atoms with Gasteiger partial charge in [-0.1, -0.05) is 23.7 Å². The van der Waals surface area contributed by atoms with Gasteiger partial charge >= 0.3 is 0 Å². The lowest BCUT2D eigenvalue weighted by Crippen LogP contribution is -2.30. The third kappa shape index (κ3) is 3.24. The van der Waals surface area contributed by atoms with E-state index in [1.165, 1.54) is 6.39 Å². The standard InChI is InChI=1S/C19H18ClN3O3/c1-12-17(25-11-22-12)19(24)23-8-2-3-16(23)18-21-10-15(26-18)9-13-4-6-14(20)7-5-13/h4-7,10-11,16H,2-3,8-9H2,1H3/t16-/m0/s1. The molecular formula is C19H18ClN3O3. The number of rotatable bonds is 4. The van der Waals surface area contributed by atoms with Crippen molar-refractivity contribution < 1.29 is 13.6 Å². The van der Waals surface area contributed by atoms with Crippen LogP contribution in [0.3, 0.4) is 0 Å². The zero-order chi connectivity index (χ0) is 18.1. The molecule has 0 spiro atoms. The van der Waals surface area contributed by atoms with Gasteiger partial charge in [-0.05, 0) is 37.5 Å². The normalized spacial score (nSPS) is 17.0. The van der Waals surface area contributed by atoms with Crippen molar-refractivity contribution in [2.75, 3.05) is 6.54 Å². The van der Waals surface area contributed by atoms with E-state index >= 15 is 0 Å². The van der Waals surface area contributed by atoms with Crippen molar-refractivity contribution in [2.24, 2.45) is 0 Å². The highest BCUT2D eigenvalue weighted by atomic mass is 35.5. The molecule has 7 heteroatoms. The van der Waals surface area contributed by atoms with Crippen molar-refractivity contribution in [3.05, 3.63) is 70.5 Å². The maximum absolute atomic E-state index is 12.8. The van der Waals surface area contributed by atoms with Crippen LogP contribution in [-0.2, 0) is 6.42 Å². The number of carbonyl (C=O) groups is 1. The highest BCUT2D eigenvalue weighted by Gasteiger charge is 2.35. The van der Waals surface area contributed by atoms with E-state index in [9.17, 15) is 4.79 Å². The van der Waals surface area contributed by atoms with E-state index in [4.69, 9.17) is 20.4 Å². The topological polar surface area (TPSA) is 72.4 Å². The Morgan fingerprint density at radius 3 is 2.85 bits per heavy atom. The summed E-state index contributed by atoms with van der Waals surface area (Å²) in [5.41, 5.74) is 1.69. The molecule has 0 unspecified atom stereocenters. The van der Waals surface area contributed by atoms with E-state index in [1.807, 2.05) is 24.3 Å². The van der Waals surface area contributed by atoms with Gasteiger partial charge in [0.1, 0.15) is 11.8 Å². The quantitative estimate of drug-likeness (QED) is 0.687. The number of likely N-dealkylation sites (tertiary alicyclic amines) is 1. The summed E-state index contributed by atoms with van der Waals surface area (Å²) in [4.78, 5) is 22.9. The first-order valence-electron chi connectivity index (χ1n) is 8.52. The summed E-state index contributed by atoms with van der Waals surface area (Å²) < 4.78 is 11.2. The molecular weight excluding hydrogens is 354 g/mol. The molecule has 3 heterocycles. The summed E-state index contributed by atoms with van der Waals surface area (Å²) >= 11 is 5.92. The van der Waals surface area contributed by atoms with Crippen LogP contribution in [0.5, 0.6) is 0 Å². The van der Waals surface area contributed by atoms with Crippen molar-refractivity contribution in [3.63, 3.8) is 0 Å². The second-order valence-corrected chi connectivity index (χ2v) is 6.83. The van der Waals surface area contributed by atoms with Crippen LogP contribution in [0.2, 0.25) is 5.02 Å². The molecule has 0 aliphatic carbocycles. The lowest BCUT2D eigenvalue weighted by Gasteiger charge is -2.21. The largest absolute Gasteiger partial charge is 0.443 e. The number of oxazole rings is 2. The maximum Gasteiger partial charge on any atom is 0.292 e. The van der Waals surface area contributed by atoms with Crippen LogP contribution in [-0.4, -0.2) is 27.3 Å². The molecule has 0 saturated carbocycles. The van der Waals surface area contributed by atoms with Crippen molar-refractivity contribution in [1.82, 2.24) is 14.9 Å². The Morgan fingerprint density at radius 2 is 2.12 bits per heavy atom. The van der Waals surface area contributed by atoms with Gasteiger partial charge in [-0.15, -0.1) is 0 Å². The second kappa shape index (κ2) is 6.96. The zero-order valence-electron chi connectivity index (χ0n) is 14.3. The second-order valence-electron chi connectivity index (χ2n) is 6.39. The summed E-state index contributed by atoms with van der Waals surface area (Å²) in [5.74, 6) is 1.44. The molecule has 1 fully saturated rings. The molecule has 4 rings (SSSR count). The van der Waals surface area contributed by atoms with Gasteiger partial charge in [-0.25, -0.2) is 9.97 Å². The lowest BCUT2D eigenvalue weighted by atomic mass is 10.1. The highest BCUT2D eigenvalue weighted by Crippen LogP contribution is 2.33. The van der Waals surface area contributed by atoms with E-state index < -0.39 is 0 Å². The average molecular weight is 372 g/mol. The van der Waals surface area contributed by atoms with Crippen LogP contribution in [0.25, 0.3) is 0 Å². The average Bonchev–Trinajstić information content (AvgIpc) is 3.36. The van der Waals surface area contributed by atoms with E-state index in [2.05, 4.69) is 9.97 Å². The molecule has 6 nitrogen and oxygen atoms in total. The first-order valence-corrected chi connectivity index (χ1v) is 8.89. The van der Waals surface area contributed by atoms with Gasteiger partial charge in [-0.2, -0.15) is 0 Å². The number of benzene rings is 1. The van der Waals surface area contributed by atoms with Crippen LogP contribution in [0, 0.1) is 6.92 Å². The fourth-order valence-electron chi connectivity index (χ4n) is 3.27. The highest BCUT2D eigenvalue weighted by molar-refractivity contribution is 6.30. The Bertz CT molecular complexity index is 916. The first kappa shape index (κ1) is 16.8. The molecule has 1 aliphatic heterocycles. The van der Waals surface area contributed by atoms with Crippen LogP contribution >= 0.6 is 11.6 Å². The first-order chi connectivity index (χ1) is 12.6. The Balaban J connectivity index is 1.52. The van der Waals surface area contributed by atoms with Crippen molar-refractivity contribution >= 4 is 17.5 Å². The monoisotopic (exact) mass is 371 g/mol. The third-order valence-electron chi connectivity index (χ3n) is 4.60. The Labute approximate surface area is 155 Å². The Kier molecular flexibility index (Phi) is 4.51. The van der Waals surface area contributed by atoms with E-state index in [1.54, 1.807) is 18.0 Å². The SMILES string of the molecule is Cc1ncoc1C(=O)N1CCC[C@H]1c1ncc(Cc2ccc(Cl)cc2)o1. The van der Waals surface area contributed by atoms with Gasteiger partial charge in [0.15, 0.2) is 6.39 Å².